The van der Waals surface area contributed by atoms with Crippen molar-refractivity contribution in [2.75, 3.05) is 26.7 Å². The molecule has 1 aromatic carbocycles. The van der Waals surface area contributed by atoms with Crippen molar-refractivity contribution >= 4 is 17.6 Å². The number of hydrogen-bond donors (Lipinski definition) is 0. The van der Waals surface area contributed by atoms with E-state index in [-0.39, 0.29) is 29.4 Å². The number of benzene rings is 1. The van der Waals surface area contributed by atoms with Crippen LogP contribution in [0.15, 0.2) is 24.3 Å². The molecule has 1 saturated carbocycles. The average molecular weight is 399 g/mol. The molecule has 29 heavy (non-hydrogen) atoms. The van der Waals surface area contributed by atoms with Gasteiger partial charge in [-0.15, -0.1) is 0 Å². The zero-order valence-electron chi connectivity index (χ0n) is 17.1. The molecule has 2 heterocycles. The lowest BCUT2D eigenvalue weighted by Gasteiger charge is -2.33. The Bertz CT molecular complexity index is 762. The highest BCUT2D eigenvalue weighted by molar-refractivity contribution is 5.98. The Hall–Kier alpha value is -2.37. The Morgan fingerprint density at radius 3 is 2.24 bits per heavy atom. The van der Waals surface area contributed by atoms with Crippen LogP contribution in [0.5, 0.6) is 5.75 Å². The van der Waals surface area contributed by atoms with Crippen molar-refractivity contribution in [3.05, 3.63) is 29.8 Å². The van der Waals surface area contributed by atoms with Crippen LogP contribution in [0.4, 0.5) is 0 Å². The summed E-state index contributed by atoms with van der Waals surface area (Å²) in [6.07, 6.45) is 6.23. The molecule has 1 atom stereocenters. The largest absolute Gasteiger partial charge is 0.497 e. The van der Waals surface area contributed by atoms with E-state index in [9.17, 15) is 14.4 Å². The van der Waals surface area contributed by atoms with Crippen LogP contribution in [0.25, 0.3) is 0 Å². The minimum Gasteiger partial charge on any atom is -0.497 e. The van der Waals surface area contributed by atoms with Gasteiger partial charge in [-0.3, -0.25) is 14.4 Å². The second kappa shape index (κ2) is 8.56. The van der Waals surface area contributed by atoms with Crippen LogP contribution in [-0.4, -0.2) is 60.2 Å². The summed E-state index contributed by atoms with van der Waals surface area (Å²) in [5, 5.41) is 0. The quantitative estimate of drug-likeness (QED) is 0.716. The number of rotatable bonds is 5. The monoisotopic (exact) mass is 398 g/mol. The van der Waals surface area contributed by atoms with E-state index in [1.54, 1.807) is 31.4 Å². The lowest BCUT2D eigenvalue weighted by molar-refractivity contribution is -0.137. The molecule has 156 valence electrons. The van der Waals surface area contributed by atoms with E-state index < -0.39 is 0 Å². The lowest BCUT2D eigenvalue weighted by atomic mass is 9.88. The number of methoxy groups -OCH3 is 1. The first kappa shape index (κ1) is 19.9. The zero-order valence-corrected chi connectivity index (χ0v) is 17.1. The molecule has 0 radical (unpaired) electrons. The molecule has 3 aliphatic rings. The van der Waals surface area contributed by atoms with E-state index in [0.29, 0.717) is 50.5 Å². The van der Waals surface area contributed by atoms with E-state index in [4.69, 9.17) is 4.74 Å². The molecule has 0 bridgehead atoms. The second-order valence-corrected chi connectivity index (χ2v) is 8.58. The van der Waals surface area contributed by atoms with E-state index in [0.717, 1.165) is 18.6 Å². The highest BCUT2D eigenvalue weighted by atomic mass is 16.5. The molecule has 2 saturated heterocycles. The van der Waals surface area contributed by atoms with Gasteiger partial charge in [0.25, 0.3) is 0 Å². The van der Waals surface area contributed by atoms with Gasteiger partial charge in [0.2, 0.25) is 11.8 Å². The number of carbonyl (C=O) groups is 3. The smallest absolute Gasteiger partial charge is 0.227 e. The number of likely N-dealkylation sites (tertiary alicyclic amines) is 2. The van der Waals surface area contributed by atoms with E-state index in [1.807, 2.05) is 9.80 Å². The van der Waals surface area contributed by atoms with Crippen molar-refractivity contribution < 1.29 is 19.1 Å². The van der Waals surface area contributed by atoms with Crippen molar-refractivity contribution in [1.82, 2.24) is 9.80 Å². The minimum atomic E-state index is -0.211. The highest BCUT2D eigenvalue weighted by Crippen LogP contribution is 2.31. The number of ether oxygens (including phenoxy) is 1. The summed E-state index contributed by atoms with van der Waals surface area (Å²) in [4.78, 5) is 42.0. The van der Waals surface area contributed by atoms with Crippen LogP contribution in [0.3, 0.4) is 0 Å². The molecular formula is C23H30N2O4. The number of piperidine rings is 1. The molecule has 2 aliphatic heterocycles. The van der Waals surface area contributed by atoms with Crippen LogP contribution in [0, 0.1) is 11.8 Å². The van der Waals surface area contributed by atoms with Gasteiger partial charge in [0, 0.05) is 43.6 Å². The number of ketones is 1. The van der Waals surface area contributed by atoms with E-state index >= 15 is 0 Å². The maximum Gasteiger partial charge on any atom is 0.227 e. The summed E-state index contributed by atoms with van der Waals surface area (Å²) in [5.74, 6) is 0.849. The minimum absolute atomic E-state index is 0.0485. The van der Waals surface area contributed by atoms with Gasteiger partial charge in [-0.1, -0.05) is 12.8 Å². The van der Waals surface area contributed by atoms with E-state index in [2.05, 4.69) is 0 Å². The number of hydrogen-bond acceptors (Lipinski definition) is 4. The molecule has 1 unspecified atom stereocenters. The van der Waals surface area contributed by atoms with Crippen molar-refractivity contribution in [2.45, 2.75) is 51.0 Å². The van der Waals surface area contributed by atoms with Gasteiger partial charge in [-0.2, -0.15) is 0 Å². The van der Waals surface area contributed by atoms with Crippen molar-refractivity contribution in [2.24, 2.45) is 11.8 Å². The molecule has 6 nitrogen and oxygen atoms in total. The van der Waals surface area contributed by atoms with E-state index in [1.165, 1.54) is 12.8 Å². The van der Waals surface area contributed by atoms with Crippen LogP contribution >= 0.6 is 0 Å². The molecule has 1 aromatic rings. The molecular weight excluding hydrogens is 368 g/mol. The van der Waals surface area contributed by atoms with Crippen LogP contribution < -0.4 is 4.74 Å². The Labute approximate surface area is 172 Å². The number of nitrogens with zero attached hydrogens (tertiary/aromatic N) is 2. The molecule has 4 rings (SSSR count). The van der Waals surface area contributed by atoms with Gasteiger partial charge in [0.15, 0.2) is 5.78 Å². The second-order valence-electron chi connectivity index (χ2n) is 8.58. The Morgan fingerprint density at radius 2 is 1.62 bits per heavy atom. The first-order valence-electron chi connectivity index (χ1n) is 10.8. The first-order valence-corrected chi connectivity index (χ1v) is 10.8. The fourth-order valence-corrected chi connectivity index (χ4v) is 5.08. The fraction of sp³-hybridized carbons (Fsp3) is 0.609. The van der Waals surface area contributed by atoms with Crippen molar-refractivity contribution in [3.8, 4) is 5.75 Å². The maximum absolute atomic E-state index is 13.0. The third-order valence-electron chi connectivity index (χ3n) is 6.83. The molecule has 0 spiro atoms. The Morgan fingerprint density at radius 1 is 0.966 bits per heavy atom. The van der Waals surface area contributed by atoms with Gasteiger partial charge >= 0.3 is 0 Å². The predicted molar refractivity (Wildman–Crippen MR) is 109 cm³/mol. The fourth-order valence-electron chi connectivity index (χ4n) is 5.08. The number of amides is 2. The summed E-state index contributed by atoms with van der Waals surface area (Å²) in [6, 6.07) is 7.56. The van der Waals surface area contributed by atoms with Gasteiger partial charge in [-0.25, -0.2) is 0 Å². The molecule has 2 amide bonds. The summed E-state index contributed by atoms with van der Waals surface area (Å²) >= 11 is 0. The first-order chi connectivity index (χ1) is 14.1. The van der Waals surface area contributed by atoms with Crippen molar-refractivity contribution in [1.29, 1.82) is 0 Å². The van der Waals surface area contributed by atoms with Crippen LogP contribution in [-0.2, 0) is 9.59 Å². The predicted octanol–water partition coefficient (Wildman–Crippen LogP) is 2.91. The zero-order chi connectivity index (χ0) is 20.4. The highest BCUT2D eigenvalue weighted by Gasteiger charge is 2.41. The summed E-state index contributed by atoms with van der Waals surface area (Å²) in [6.45, 7) is 1.77. The molecule has 0 N–H and O–H groups in total. The standard InChI is InChI=1S/C23H30N2O4/c1-29-20-8-6-16(7-9-20)22(27)17-10-12-24(13-11-17)23(28)18-14-21(26)25(15-18)19-4-2-3-5-19/h6-9,17-19H,2-5,10-15H2,1H3. The topological polar surface area (TPSA) is 66.9 Å². The summed E-state index contributed by atoms with van der Waals surface area (Å²) in [5.41, 5.74) is 0.698. The van der Waals surface area contributed by atoms with Crippen LogP contribution in [0.2, 0.25) is 0 Å². The summed E-state index contributed by atoms with van der Waals surface area (Å²) in [7, 11) is 1.61. The Kier molecular flexibility index (Phi) is 5.88. The molecule has 6 heteroatoms. The number of Topliss-reactive ketones (excluding diaryl/α,β-unsaturated/α-hetero) is 1. The molecule has 1 aliphatic carbocycles. The third-order valence-corrected chi connectivity index (χ3v) is 6.83. The van der Waals surface area contributed by atoms with Gasteiger partial charge in [0.05, 0.1) is 13.0 Å². The van der Waals surface area contributed by atoms with Gasteiger partial charge < -0.3 is 14.5 Å². The molecule has 0 aromatic heterocycles. The lowest BCUT2D eigenvalue weighted by Crippen LogP contribution is -2.44. The van der Waals surface area contributed by atoms with Gasteiger partial charge in [-0.05, 0) is 49.9 Å². The average Bonchev–Trinajstić information content (AvgIpc) is 3.42. The third kappa shape index (κ3) is 4.16. The maximum atomic E-state index is 13.0. The van der Waals surface area contributed by atoms with Crippen molar-refractivity contribution in [3.63, 3.8) is 0 Å². The number of carbonyl (C=O) groups excluding carboxylic acids is 3. The van der Waals surface area contributed by atoms with Gasteiger partial charge in [0.1, 0.15) is 5.75 Å². The van der Waals surface area contributed by atoms with Crippen LogP contribution in [0.1, 0.15) is 55.3 Å². The molecule has 3 fully saturated rings. The summed E-state index contributed by atoms with van der Waals surface area (Å²) < 4.78 is 5.15. The normalized spacial score (nSPS) is 23.6. The Balaban J connectivity index is 1.30. The SMILES string of the molecule is COc1ccc(C(=O)C2CCN(C(=O)C3CC(=O)N(C4CCCC4)C3)CC2)cc1.